The molecule has 1 aromatic rings. The fourth-order valence-corrected chi connectivity index (χ4v) is 2.10. The van der Waals surface area contributed by atoms with Gasteiger partial charge in [0.1, 0.15) is 0 Å². The monoisotopic (exact) mass is 211 g/mol. The standard InChI is InChI=1S/C12H17N.ClH/c1-9(2)11-5-3-4-10-8-13-7-6-12(10)11;/h3-5,9,13H,6-8H2,1-2H3;1H. The molecule has 0 bridgehead atoms. The van der Waals surface area contributed by atoms with Crippen LogP contribution in [0.1, 0.15) is 36.5 Å². The molecule has 0 atom stereocenters. The van der Waals surface area contributed by atoms with Crippen molar-refractivity contribution in [1.29, 1.82) is 0 Å². The van der Waals surface area contributed by atoms with Gasteiger partial charge in [0.05, 0.1) is 0 Å². The zero-order valence-electron chi connectivity index (χ0n) is 8.84. The molecule has 1 heterocycles. The summed E-state index contributed by atoms with van der Waals surface area (Å²) in [6.45, 7) is 6.74. The van der Waals surface area contributed by atoms with Crippen molar-refractivity contribution >= 4 is 12.4 Å². The van der Waals surface area contributed by atoms with Gasteiger partial charge in [0, 0.05) is 6.54 Å². The Labute approximate surface area is 92.3 Å². The molecule has 0 saturated heterocycles. The molecule has 0 aliphatic carbocycles. The van der Waals surface area contributed by atoms with E-state index < -0.39 is 0 Å². The summed E-state index contributed by atoms with van der Waals surface area (Å²) in [6.07, 6.45) is 1.20. The van der Waals surface area contributed by atoms with E-state index in [1.54, 1.807) is 11.1 Å². The van der Waals surface area contributed by atoms with Crippen LogP contribution in [0.2, 0.25) is 0 Å². The van der Waals surface area contributed by atoms with E-state index in [1.807, 2.05) is 0 Å². The number of hydrogen-bond acceptors (Lipinski definition) is 1. The summed E-state index contributed by atoms with van der Waals surface area (Å²) >= 11 is 0. The van der Waals surface area contributed by atoms with Crippen molar-refractivity contribution in [2.24, 2.45) is 0 Å². The van der Waals surface area contributed by atoms with Crippen LogP contribution in [0.5, 0.6) is 0 Å². The molecule has 2 heteroatoms. The molecule has 0 radical (unpaired) electrons. The van der Waals surface area contributed by atoms with Crippen molar-refractivity contribution in [2.75, 3.05) is 6.54 Å². The Morgan fingerprint density at radius 3 is 2.79 bits per heavy atom. The van der Waals surface area contributed by atoms with Gasteiger partial charge in [-0.15, -0.1) is 12.4 Å². The molecule has 14 heavy (non-hydrogen) atoms. The molecule has 0 spiro atoms. The van der Waals surface area contributed by atoms with E-state index in [0.717, 1.165) is 13.1 Å². The van der Waals surface area contributed by atoms with Gasteiger partial charge in [0.25, 0.3) is 0 Å². The van der Waals surface area contributed by atoms with Crippen LogP contribution in [-0.2, 0) is 13.0 Å². The Kier molecular flexibility index (Phi) is 3.97. The van der Waals surface area contributed by atoms with E-state index >= 15 is 0 Å². The number of fused-ring (bicyclic) bond motifs is 1. The summed E-state index contributed by atoms with van der Waals surface area (Å²) < 4.78 is 0. The molecule has 78 valence electrons. The van der Waals surface area contributed by atoms with Crippen LogP contribution in [0.25, 0.3) is 0 Å². The van der Waals surface area contributed by atoms with Crippen molar-refractivity contribution in [2.45, 2.75) is 32.7 Å². The third kappa shape index (κ3) is 2.10. The van der Waals surface area contributed by atoms with Gasteiger partial charge in [0.15, 0.2) is 0 Å². The summed E-state index contributed by atoms with van der Waals surface area (Å²) in [5.41, 5.74) is 4.63. The van der Waals surface area contributed by atoms with Gasteiger partial charge in [-0.3, -0.25) is 0 Å². The molecule has 0 saturated carbocycles. The van der Waals surface area contributed by atoms with Crippen molar-refractivity contribution in [3.05, 3.63) is 34.9 Å². The van der Waals surface area contributed by atoms with E-state index in [0.29, 0.717) is 5.92 Å². The third-order valence-corrected chi connectivity index (χ3v) is 2.80. The molecule has 0 fully saturated rings. The fourth-order valence-electron chi connectivity index (χ4n) is 2.10. The number of rotatable bonds is 1. The van der Waals surface area contributed by atoms with Crippen molar-refractivity contribution in [1.82, 2.24) is 5.32 Å². The predicted molar refractivity (Wildman–Crippen MR) is 63.2 cm³/mol. The lowest BCUT2D eigenvalue weighted by molar-refractivity contribution is 0.634. The summed E-state index contributed by atoms with van der Waals surface area (Å²) in [7, 11) is 0. The summed E-state index contributed by atoms with van der Waals surface area (Å²) in [6, 6.07) is 6.70. The highest BCUT2D eigenvalue weighted by Gasteiger charge is 2.13. The predicted octanol–water partition coefficient (Wildman–Crippen LogP) is 2.88. The first kappa shape index (κ1) is 11.5. The molecule has 1 aliphatic heterocycles. The average Bonchev–Trinajstić information content (AvgIpc) is 2.17. The van der Waals surface area contributed by atoms with Gasteiger partial charge < -0.3 is 5.32 Å². The van der Waals surface area contributed by atoms with Crippen LogP contribution in [0, 0.1) is 0 Å². The van der Waals surface area contributed by atoms with Crippen LogP contribution in [0.15, 0.2) is 18.2 Å². The topological polar surface area (TPSA) is 12.0 Å². The van der Waals surface area contributed by atoms with Gasteiger partial charge in [-0.25, -0.2) is 0 Å². The molecular weight excluding hydrogens is 194 g/mol. The molecule has 1 N–H and O–H groups in total. The second kappa shape index (κ2) is 4.81. The summed E-state index contributed by atoms with van der Waals surface area (Å²) in [5.74, 6) is 0.660. The lowest BCUT2D eigenvalue weighted by atomic mass is 9.90. The maximum atomic E-state index is 3.41. The zero-order chi connectivity index (χ0) is 9.26. The average molecular weight is 212 g/mol. The molecule has 0 amide bonds. The second-order valence-corrected chi connectivity index (χ2v) is 4.07. The van der Waals surface area contributed by atoms with Crippen molar-refractivity contribution in [3.8, 4) is 0 Å². The van der Waals surface area contributed by atoms with Crippen molar-refractivity contribution in [3.63, 3.8) is 0 Å². The van der Waals surface area contributed by atoms with Crippen LogP contribution in [-0.4, -0.2) is 6.54 Å². The minimum Gasteiger partial charge on any atom is -0.312 e. The zero-order valence-corrected chi connectivity index (χ0v) is 9.66. The first-order valence-corrected chi connectivity index (χ1v) is 5.10. The highest BCUT2D eigenvalue weighted by molar-refractivity contribution is 5.85. The molecule has 0 aromatic heterocycles. The number of halogens is 1. The van der Waals surface area contributed by atoms with Gasteiger partial charge >= 0.3 is 0 Å². The van der Waals surface area contributed by atoms with Gasteiger partial charge in [0.2, 0.25) is 0 Å². The Hall–Kier alpha value is -0.530. The van der Waals surface area contributed by atoms with E-state index in [4.69, 9.17) is 0 Å². The van der Waals surface area contributed by atoms with E-state index in [2.05, 4.69) is 37.4 Å². The summed E-state index contributed by atoms with van der Waals surface area (Å²) in [4.78, 5) is 0. The number of hydrogen-bond donors (Lipinski definition) is 1. The molecule has 1 aromatic carbocycles. The highest BCUT2D eigenvalue weighted by atomic mass is 35.5. The van der Waals surface area contributed by atoms with E-state index in [1.165, 1.54) is 12.0 Å². The molecule has 1 aliphatic rings. The first-order chi connectivity index (χ1) is 6.29. The largest absolute Gasteiger partial charge is 0.312 e. The van der Waals surface area contributed by atoms with E-state index in [9.17, 15) is 0 Å². The summed E-state index contributed by atoms with van der Waals surface area (Å²) in [5, 5.41) is 3.41. The smallest absolute Gasteiger partial charge is 0.0208 e. The maximum absolute atomic E-state index is 3.41. The van der Waals surface area contributed by atoms with Crippen molar-refractivity contribution < 1.29 is 0 Å². The molecular formula is C12H18ClN. The van der Waals surface area contributed by atoms with Gasteiger partial charge in [-0.05, 0) is 35.6 Å². The Balaban J connectivity index is 0.000000980. The first-order valence-electron chi connectivity index (χ1n) is 5.10. The fraction of sp³-hybridized carbons (Fsp3) is 0.500. The van der Waals surface area contributed by atoms with Crippen LogP contribution >= 0.6 is 12.4 Å². The normalized spacial score (nSPS) is 14.8. The minimum absolute atomic E-state index is 0. The highest BCUT2D eigenvalue weighted by Crippen LogP contribution is 2.24. The van der Waals surface area contributed by atoms with E-state index in [-0.39, 0.29) is 12.4 Å². The molecule has 1 nitrogen and oxygen atoms in total. The quantitative estimate of drug-likeness (QED) is 0.754. The molecule has 0 unspecified atom stereocenters. The maximum Gasteiger partial charge on any atom is 0.0208 e. The second-order valence-electron chi connectivity index (χ2n) is 4.07. The minimum atomic E-state index is 0. The van der Waals surface area contributed by atoms with Gasteiger partial charge in [-0.1, -0.05) is 32.0 Å². The lowest BCUT2D eigenvalue weighted by Gasteiger charge is -2.21. The van der Waals surface area contributed by atoms with Gasteiger partial charge in [-0.2, -0.15) is 0 Å². The Morgan fingerprint density at radius 2 is 2.07 bits per heavy atom. The number of nitrogens with one attached hydrogen (secondary N) is 1. The Morgan fingerprint density at radius 1 is 1.29 bits per heavy atom. The number of benzene rings is 1. The lowest BCUT2D eigenvalue weighted by Crippen LogP contribution is -2.24. The van der Waals surface area contributed by atoms with Crippen LogP contribution in [0.4, 0.5) is 0 Å². The Bertz CT molecular complexity index is 307. The van der Waals surface area contributed by atoms with Crippen LogP contribution in [0.3, 0.4) is 0 Å². The molecule has 2 rings (SSSR count). The van der Waals surface area contributed by atoms with Crippen LogP contribution < -0.4 is 5.32 Å². The SMILES string of the molecule is CC(C)c1cccc2c1CCNC2.Cl. The third-order valence-electron chi connectivity index (χ3n) is 2.80.